The van der Waals surface area contributed by atoms with Gasteiger partial charge in [-0.05, 0) is 13.0 Å². The van der Waals surface area contributed by atoms with Crippen LogP contribution in [0.2, 0.25) is 0 Å². The molecule has 0 saturated heterocycles. The Morgan fingerprint density at radius 3 is 2.70 bits per heavy atom. The van der Waals surface area contributed by atoms with Gasteiger partial charge in [-0.1, -0.05) is 18.2 Å². The molecule has 2 heterocycles. The van der Waals surface area contributed by atoms with Crippen LogP contribution >= 0.6 is 0 Å². The van der Waals surface area contributed by atoms with Gasteiger partial charge in [-0.2, -0.15) is 15.5 Å². The fourth-order valence-electron chi connectivity index (χ4n) is 2.05. The van der Waals surface area contributed by atoms with Crippen LogP contribution in [0.15, 0.2) is 36.7 Å². The Morgan fingerprint density at radius 1 is 1.25 bits per heavy atom. The molecule has 6 heteroatoms. The Hall–Kier alpha value is -2.94. The lowest BCUT2D eigenvalue weighted by Gasteiger charge is -2.11. The summed E-state index contributed by atoms with van der Waals surface area (Å²) in [5, 5.41) is 18.5. The summed E-state index contributed by atoms with van der Waals surface area (Å²) in [5.41, 5.74) is 1.66. The Labute approximate surface area is 115 Å². The summed E-state index contributed by atoms with van der Waals surface area (Å²) >= 11 is 0. The normalized spacial score (nSPS) is 10.4. The van der Waals surface area contributed by atoms with Gasteiger partial charge >= 0.3 is 0 Å². The van der Waals surface area contributed by atoms with Crippen LogP contribution < -0.4 is 4.74 Å². The molecule has 0 N–H and O–H groups in total. The van der Waals surface area contributed by atoms with Gasteiger partial charge in [-0.15, -0.1) is 4.80 Å². The van der Waals surface area contributed by atoms with E-state index in [4.69, 9.17) is 4.74 Å². The molecule has 3 rings (SSSR count). The molecule has 98 valence electrons. The number of para-hydroxylation sites is 1. The number of aromatic nitrogens is 4. The number of pyridine rings is 1. The van der Waals surface area contributed by atoms with Gasteiger partial charge in [0.2, 0.25) is 5.88 Å². The van der Waals surface area contributed by atoms with E-state index in [9.17, 15) is 5.26 Å². The highest BCUT2D eigenvalue weighted by molar-refractivity contribution is 5.90. The third-order valence-corrected chi connectivity index (χ3v) is 2.84. The van der Waals surface area contributed by atoms with E-state index in [1.165, 1.54) is 4.80 Å². The fraction of sp³-hybridized carbons (Fsp3) is 0.143. The van der Waals surface area contributed by atoms with Crippen molar-refractivity contribution in [3.63, 3.8) is 0 Å². The van der Waals surface area contributed by atoms with Crippen molar-refractivity contribution < 1.29 is 4.74 Å². The van der Waals surface area contributed by atoms with Crippen LogP contribution in [0.4, 0.5) is 0 Å². The SMILES string of the molecule is CCOc1nc2ccccc2c(-n2nccn2)c1C#N. The quantitative estimate of drug-likeness (QED) is 0.724. The molecule has 3 aromatic rings. The summed E-state index contributed by atoms with van der Waals surface area (Å²) in [6.07, 6.45) is 3.13. The highest BCUT2D eigenvalue weighted by Gasteiger charge is 2.18. The highest BCUT2D eigenvalue weighted by atomic mass is 16.5. The lowest BCUT2D eigenvalue weighted by Crippen LogP contribution is -2.07. The van der Waals surface area contributed by atoms with E-state index in [0.29, 0.717) is 23.7 Å². The smallest absolute Gasteiger partial charge is 0.234 e. The van der Waals surface area contributed by atoms with Gasteiger partial charge in [-0.3, -0.25) is 0 Å². The Balaban J connectivity index is 2.42. The average molecular weight is 265 g/mol. The number of rotatable bonds is 3. The maximum Gasteiger partial charge on any atom is 0.234 e. The predicted octanol–water partition coefficient (Wildman–Crippen LogP) is 2.09. The summed E-state index contributed by atoms with van der Waals surface area (Å²) in [5.74, 6) is 0.306. The molecule has 1 aromatic carbocycles. The Kier molecular flexibility index (Phi) is 3.01. The van der Waals surface area contributed by atoms with Gasteiger partial charge in [0.15, 0.2) is 0 Å². The predicted molar refractivity (Wildman–Crippen MR) is 72.5 cm³/mol. The molecule has 0 radical (unpaired) electrons. The van der Waals surface area contributed by atoms with E-state index in [0.717, 1.165) is 10.9 Å². The molecule has 0 saturated carbocycles. The number of hydrogen-bond donors (Lipinski definition) is 0. The number of benzene rings is 1. The van der Waals surface area contributed by atoms with E-state index in [2.05, 4.69) is 21.3 Å². The molecule has 0 aliphatic carbocycles. The van der Waals surface area contributed by atoms with Crippen molar-refractivity contribution >= 4 is 10.9 Å². The van der Waals surface area contributed by atoms with Gasteiger partial charge in [0, 0.05) is 5.39 Å². The first kappa shape index (κ1) is 12.1. The summed E-state index contributed by atoms with van der Waals surface area (Å²) < 4.78 is 5.47. The first-order valence-corrected chi connectivity index (χ1v) is 6.17. The van der Waals surface area contributed by atoms with Crippen molar-refractivity contribution in [2.75, 3.05) is 6.61 Å². The van der Waals surface area contributed by atoms with E-state index in [-0.39, 0.29) is 0 Å². The standard InChI is InChI=1S/C14H11N5O/c1-2-20-14-11(9-15)13(19-16-7-8-17-19)10-5-3-4-6-12(10)18-14/h3-8H,2H2,1H3. The first-order chi connectivity index (χ1) is 9.85. The lowest BCUT2D eigenvalue weighted by atomic mass is 10.1. The molecule has 0 amide bonds. The van der Waals surface area contributed by atoms with Crippen molar-refractivity contribution in [3.05, 3.63) is 42.2 Å². The second kappa shape index (κ2) is 4.97. The summed E-state index contributed by atoms with van der Waals surface area (Å²) in [7, 11) is 0. The molecular weight excluding hydrogens is 254 g/mol. The zero-order chi connectivity index (χ0) is 13.9. The second-order valence-corrected chi connectivity index (χ2v) is 4.02. The minimum Gasteiger partial charge on any atom is -0.477 e. The third-order valence-electron chi connectivity index (χ3n) is 2.84. The van der Waals surface area contributed by atoms with Gasteiger partial charge in [-0.25, -0.2) is 4.98 Å². The molecule has 0 aliphatic heterocycles. The molecule has 20 heavy (non-hydrogen) atoms. The molecule has 0 bridgehead atoms. The van der Waals surface area contributed by atoms with Crippen LogP contribution in [0.3, 0.4) is 0 Å². The number of fused-ring (bicyclic) bond motifs is 1. The highest BCUT2D eigenvalue weighted by Crippen LogP contribution is 2.29. The minimum atomic E-state index is 0.306. The average Bonchev–Trinajstić information content (AvgIpc) is 3.00. The van der Waals surface area contributed by atoms with Gasteiger partial charge in [0.25, 0.3) is 0 Å². The largest absolute Gasteiger partial charge is 0.477 e. The van der Waals surface area contributed by atoms with E-state index >= 15 is 0 Å². The van der Waals surface area contributed by atoms with E-state index in [1.807, 2.05) is 31.2 Å². The number of nitriles is 1. The third kappa shape index (κ3) is 1.86. The van der Waals surface area contributed by atoms with Crippen molar-refractivity contribution in [3.8, 4) is 17.6 Å². The Morgan fingerprint density at radius 2 is 2.00 bits per heavy atom. The van der Waals surface area contributed by atoms with Crippen molar-refractivity contribution in [2.45, 2.75) is 6.92 Å². The maximum atomic E-state index is 9.45. The number of nitrogens with zero attached hydrogens (tertiary/aromatic N) is 5. The van der Waals surface area contributed by atoms with Crippen molar-refractivity contribution in [1.29, 1.82) is 5.26 Å². The van der Waals surface area contributed by atoms with Crippen LogP contribution in [-0.4, -0.2) is 26.6 Å². The molecular formula is C14H11N5O. The van der Waals surface area contributed by atoms with Gasteiger partial charge in [0.05, 0.1) is 24.5 Å². The van der Waals surface area contributed by atoms with Crippen LogP contribution in [0, 0.1) is 11.3 Å². The maximum absolute atomic E-state index is 9.45. The van der Waals surface area contributed by atoms with Crippen LogP contribution in [-0.2, 0) is 0 Å². The summed E-state index contributed by atoms with van der Waals surface area (Å²) in [4.78, 5) is 5.81. The lowest BCUT2D eigenvalue weighted by molar-refractivity contribution is 0.327. The van der Waals surface area contributed by atoms with Gasteiger partial charge in [0.1, 0.15) is 17.3 Å². The topological polar surface area (TPSA) is 76.6 Å². The molecule has 0 fully saturated rings. The summed E-state index contributed by atoms with van der Waals surface area (Å²) in [6, 6.07) is 9.67. The molecule has 6 nitrogen and oxygen atoms in total. The molecule has 2 aromatic heterocycles. The molecule has 0 atom stereocenters. The number of hydrogen-bond acceptors (Lipinski definition) is 5. The molecule has 0 unspecified atom stereocenters. The Bertz CT molecular complexity index is 789. The van der Waals surface area contributed by atoms with Crippen LogP contribution in [0.1, 0.15) is 12.5 Å². The van der Waals surface area contributed by atoms with Crippen molar-refractivity contribution in [2.24, 2.45) is 0 Å². The number of ether oxygens (including phenoxy) is 1. The minimum absolute atomic E-state index is 0.306. The van der Waals surface area contributed by atoms with Crippen LogP contribution in [0.5, 0.6) is 5.88 Å². The van der Waals surface area contributed by atoms with Crippen molar-refractivity contribution in [1.82, 2.24) is 20.0 Å². The second-order valence-electron chi connectivity index (χ2n) is 4.02. The first-order valence-electron chi connectivity index (χ1n) is 6.17. The zero-order valence-electron chi connectivity index (χ0n) is 10.8. The summed E-state index contributed by atoms with van der Waals surface area (Å²) in [6.45, 7) is 2.29. The van der Waals surface area contributed by atoms with E-state index < -0.39 is 0 Å². The van der Waals surface area contributed by atoms with Gasteiger partial charge < -0.3 is 4.74 Å². The van der Waals surface area contributed by atoms with E-state index in [1.54, 1.807) is 12.4 Å². The molecule has 0 aliphatic rings. The zero-order valence-corrected chi connectivity index (χ0v) is 10.8. The molecule has 0 spiro atoms. The fourth-order valence-corrected chi connectivity index (χ4v) is 2.05. The monoisotopic (exact) mass is 265 g/mol. The van der Waals surface area contributed by atoms with Crippen LogP contribution in [0.25, 0.3) is 16.6 Å².